The molecule has 0 spiro atoms. The second-order valence-electron chi connectivity index (χ2n) is 6.82. The number of rotatable bonds is 6. The molecule has 1 unspecified atom stereocenters. The maximum absolute atomic E-state index is 10.8. The van der Waals surface area contributed by atoms with Gasteiger partial charge >= 0.3 is 0 Å². The molecule has 1 N–H and O–H groups in total. The van der Waals surface area contributed by atoms with Gasteiger partial charge in [0.15, 0.2) is 17.7 Å². The van der Waals surface area contributed by atoms with Crippen LogP contribution >= 0.6 is 0 Å². The van der Waals surface area contributed by atoms with Crippen LogP contribution in [-0.2, 0) is 18.9 Å². The third-order valence-corrected chi connectivity index (χ3v) is 9.79. The second kappa shape index (κ2) is 6.87. The van der Waals surface area contributed by atoms with Crippen molar-refractivity contribution in [2.75, 3.05) is 6.61 Å². The van der Waals surface area contributed by atoms with Crippen molar-refractivity contribution in [2.24, 2.45) is 0 Å². The van der Waals surface area contributed by atoms with Gasteiger partial charge in [0, 0.05) is 1.34 Å². The topological polar surface area (TPSA) is 57.2 Å². The molecule has 4 atom stereocenters. The summed E-state index contributed by atoms with van der Waals surface area (Å²) < 4.78 is 29.7. The third kappa shape index (κ3) is 3.53. The van der Waals surface area contributed by atoms with Crippen molar-refractivity contribution in [3.63, 3.8) is 0 Å². The van der Waals surface area contributed by atoms with Crippen LogP contribution < -0.4 is 0 Å². The molecule has 2 aliphatic rings. The lowest BCUT2D eigenvalue weighted by Crippen LogP contribution is -2.48. The maximum Gasteiger partial charge on any atom is 0.271 e. The van der Waals surface area contributed by atoms with Crippen molar-refractivity contribution in [3.8, 4) is 11.5 Å². The molecular weight excluding hydrogens is 311 g/mol. The van der Waals surface area contributed by atoms with Crippen LogP contribution in [0.5, 0.6) is 0 Å². The van der Waals surface area contributed by atoms with Crippen molar-refractivity contribution in [3.05, 3.63) is 0 Å². The summed E-state index contributed by atoms with van der Waals surface area (Å²) in [5.74, 6) is 2.38. The minimum atomic E-state index is -1.71. The Bertz CT molecular complexity index is 496. The van der Waals surface area contributed by atoms with Crippen LogP contribution in [0.4, 0.5) is 0 Å². The first-order valence-corrected chi connectivity index (χ1v) is 11.0. The van der Waals surface area contributed by atoms with Crippen molar-refractivity contribution >= 4 is 16.1 Å². The fraction of sp³-hybridized carbons (Fsp3) is 0.875. The van der Waals surface area contributed by atoms with E-state index in [-0.39, 0.29) is 6.61 Å². The molecule has 2 saturated heterocycles. The van der Waals surface area contributed by atoms with Crippen LogP contribution in [0.3, 0.4) is 0 Å². The van der Waals surface area contributed by atoms with Crippen molar-refractivity contribution in [2.45, 2.75) is 82.6 Å². The minimum absolute atomic E-state index is 0.0214. The number of aliphatic hydroxyl groups is 1. The Morgan fingerprint density at radius 3 is 2.39 bits per heavy atom. The number of hydrogen-bond acceptors (Lipinski definition) is 5. The van der Waals surface area contributed by atoms with Crippen molar-refractivity contribution < 1.29 is 24.0 Å². The molecule has 129 valence electrons. The van der Waals surface area contributed by atoms with E-state index in [0.717, 1.165) is 26.1 Å². The standard InChI is InChI=1S/C16H28BO5Si/c1-6-23(7-2,8-3)10-9-16(11-19-17)13(18)12-14(22-16)21-15(4,5)20-12/h12-14,17-18H,6-8,11H2,1-5H3/t12?,13-,14-,16-/m1/s1/i17T. The van der Waals surface area contributed by atoms with E-state index >= 15 is 0 Å². The van der Waals surface area contributed by atoms with E-state index in [4.69, 9.17) is 20.2 Å². The van der Waals surface area contributed by atoms with Gasteiger partial charge < -0.3 is 24.0 Å². The van der Waals surface area contributed by atoms with Gasteiger partial charge in [-0.2, -0.15) is 0 Å². The highest BCUT2D eigenvalue weighted by Gasteiger charge is 2.61. The van der Waals surface area contributed by atoms with Gasteiger partial charge in [0.2, 0.25) is 0 Å². The number of fused-ring (bicyclic) bond motifs is 1. The number of aliphatic hydroxyl groups excluding tert-OH is 1. The van der Waals surface area contributed by atoms with E-state index in [1.165, 1.54) is 0 Å². The first-order valence-electron chi connectivity index (χ1n) is 8.92. The third-order valence-electron chi connectivity index (χ3n) is 5.07. The Morgan fingerprint density at radius 2 is 1.87 bits per heavy atom. The average molecular weight is 341 g/mol. The molecule has 2 aliphatic heterocycles. The molecule has 0 aliphatic carbocycles. The lowest BCUT2D eigenvalue weighted by molar-refractivity contribution is -0.231. The van der Waals surface area contributed by atoms with Gasteiger partial charge in [0.1, 0.15) is 20.3 Å². The first kappa shape index (κ1) is 17.5. The van der Waals surface area contributed by atoms with Crippen LogP contribution in [0.15, 0.2) is 0 Å². The zero-order valence-electron chi connectivity index (χ0n) is 15.7. The van der Waals surface area contributed by atoms with Crippen LogP contribution in [-0.4, -0.2) is 59.0 Å². The first-order chi connectivity index (χ1) is 11.3. The highest BCUT2D eigenvalue weighted by atomic mass is 28.3. The summed E-state index contributed by atoms with van der Waals surface area (Å²) in [7, 11) is -0.875. The maximum atomic E-state index is 10.8. The molecule has 0 bridgehead atoms. The zero-order valence-corrected chi connectivity index (χ0v) is 15.7. The van der Waals surface area contributed by atoms with Gasteiger partial charge in [-0.3, -0.25) is 0 Å². The highest BCUT2D eigenvalue weighted by molar-refractivity contribution is 6.87. The molecule has 0 amide bonds. The Morgan fingerprint density at radius 1 is 1.22 bits per heavy atom. The summed E-state index contributed by atoms with van der Waals surface area (Å²) in [6.07, 6.45) is -2.28. The molecule has 1 radical (unpaired) electrons. The van der Waals surface area contributed by atoms with E-state index in [2.05, 4.69) is 32.2 Å². The summed E-state index contributed by atoms with van der Waals surface area (Å²) in [4.78, 5) is 0. The van der Waals surface area contributed by atoms with Gasteiger partial charge in [-0.25, -0.2) is 0 Å². The Labute approximate surface area is 142 Å². The van der Waals surface area contributed by atoms with Crippen molar-refractivity contribution in [1.29, 1.82) is 1.34 Å². The Hall–Kier alpha value is -0.358. The lowest BCUT2D eigenvalue weighted by Gasteiger charge is -2.30. The molecule has 0 aromatic carbocycles. The molecule has 0 aromatic rings. The van der Waals surface area contributed by atoms with Gasteiger partial charge in [-0.1, -0.05) is 26.7 Å². The van der Waals surface area contributed by atoms with Gasteiger partial charge in [0.25, 0.3) is 8.01 Å². The van der Waals surface area contributed by atoms with E-state index in [9.17, 15) is 5.11 Å². The van der Waals surface area contributed by atoms with Gasteiger partial charge in [0.05, 0.1) is 6.61 Å². The predicted molar refractivity (Wildman–Crippen MR) is 91.7 cm³/mol. The van der Waals surface area contributed by atoms with Crippen LogP contribution in [0, 0.1) is 11.5 Å². The molecule has 0 aromatic heterocycles. The molecule has 7 heteroatoms. The molecule has 2 rings (SSSR count). The van der Waals surface area contributed by atoms with E-state index in [0.29, 0.717) is 0 Å². The highest BCUT2D eigenvalue weighted by Crippen LogP contribution is 2.42. The number of hydrogen-bond donors (Lipinski definition) is 1. The summed E-state index contributed by atoms with van der Waals surface area (Å²) in [6.45, 7) is 10.1. The average Bonchev–Trinajstić information content (AvgIpc) is 2.99. The fourth-order valence-electron chi connectivity index (χ4n) is 3.24. The minimum Gasteiger partial charge on any atom is -0.441 e. The summed E-state index contributed by atoms with van der Waals surface area (Å²) in [5.41, 5.74) is 2.23. The monoisotopic (exact) mass is 341 g/mol. The molecule has 5 nitrogen and oxygen atoms in total. The van der Waals surface area contributed by atoms with Crippen LogP contribution in [0.1, 0.15) is 34.6 Å². The molecule has 2 fully saturated rings. The largest absolute Gasteiger partial charge is 0.441 e. The van der Waals surface area contributed by atoms with Crippen molar-refractivity contribution in [1.82, 2.24) is 0 Å². The van der Waals surface area contributed by atoms with E-state index in [1.54, 1.807) is 13.8 Å². The van der Waals surface area contributed by atoms with Gasteiger partial charge in [-0.05, 0) is 32.0 Å². The fourth-order valence-corrected chi connectivity index (χ4v) is 5.75. The Balaban J connectivity index is 2.30. The SMILES string of the molecule is [3H][B]OC[C@@]1(C#C[Si](CC)(CC)CC)O[C@H]2OC(C)(C)OC2[C@H]1O. The van der Waals surface area contributed by atoms with E-state index in [1.807, 2.05) is 0 Å². The van der Waals surface area contributed by atoms with Crippen LogP contribution in [0.25, 0.3) is 0 Å². The number of ether oxygens (including phenoxy) is 3. The molecule has 0 saturated carbocycles. The summed E-state index contributed by atoms with van der Waals surface area (Å²) >= 11 is 0. The second-order valence-corrected chi connectivity index (χ2v) is 11.8. The Kier molecular flexibility index (Phi) is 5.22. The van der Waals surface area contributed by atoms with E-state index < -0.39 is 38.0 Å². The predicted octanol–water partition coefficient (Wildman–Crippen LogP) is 1.48. The zero-order chi connectivity index (χ0) is 18.0. The lowest BCUT2D eigenvalue weighted by atomic mass is 9.97. The van der Waals surface area contributed by atoms with Crippen LogP contribution in [0.2, 0.25) is 18.1 Å². The molecule has 23 heavy (non-hydrogen) atoms. The molecule has 2 heterocycles. The normalized spacial score (nSPS) is 36.1. The molecular formula is C16H28BO5Si. The van der Waals surface area contributed by atoms with Gasteiger partial charge in [-0.15, -0.1) is 5.54 Å². The smallest absolute Gasteiger partial charge is 0.271 e. The summed E-state index contributed by atoms with van der Waals surface area (Å²) in [6, 6.07) is 3.16. The summed E-state index contributed by atoms with van der Waals surface area (Å²) in [5, 5.41) is 10.8. The quantitative estimate of drug-likeness (QED) is 0.586.